The van der Waals surface area contributed by atoms with Crippen molar-refractivity contribution in [2.45, 2.75) is 0 Å². The molecule has 0 N–H and O–H groups in total. The zero-order chi connectivity index (χ0) is 33.9. The predicted molar refractivity (Wildman–Crippen MR) is 208 cm³/mol. The van der Waals surface area contributed by atoms with Crippen molar-refractivity contribution in [3.8, 4) is 56.3 Å². The number of fused-ring (bicyclic) bond motifs is 2. The first-order valence-electron chi connectivity index (χ1n) is 16.5. The van der Waals surface area contributed by atoms with Gasteiger partial charge in [-0.2, -0.15) is 0 Å². The quantitative estimate of drug-likeness (QED) is 0.155. The van der Waals surface area contributed by atoms with Crippen LogP contribution in [0.1, 0.15) is 5.82 Å². The van der Waals surface area contributed by atoms with Gasteiger partial charge >= 0.3 is 0 Å². The molecule has 4 heteroatoms. The van der Waals surface area contributed by atoms with Gasteiger partial charge in [0.05, 0.1) is 5.69 Å². The number of allylic oxidation sites excluding steroid dienone is 4. The molecule has 0 aliphatic carbocycles. The van der Waals surface area contributed by atoms with E-state index in [1.807, 2.05) is 48.7 Å². The molecule has 0 atom stereocenters. The maximum atomic E-state index is 5.04. The van der Waals surface area contributed by atoms with Crippen LogP contribution in [-0.2, 0) is 0 Å². The molecule has 0 saturated heterocycles. The molecule has 0 bridgehead atoms. The molecule has 236 valence electrons. The maximum absolute atomic E-state index is 5.04. The topological polar surface area (TPSA) is 51.6 Å². The minimum Gasteiger partial charge on any atom is -0.256 e. The molecule has 2 aromatic heterocycles. The van der Waals surface area contributed by atoms with Crippen molar-refractivity contribution < 1.29 is 0 Å². The van der Waals surface area contributed by atoms with Gasteiger partial charge in [0.2, 0.25) is 0 Å². The minimum atomic E-state index is 0.526. The van der Waals surface area contributed by atoms with Gasteiger partial charge in [0, 0.05) is 33.8 Å². The molecular formula is C46H32N4. The highest BCUT2D eigenvalue weighted by Gasteiger charge is 2.16. The Balaban J connectivity index is 1.33. The summed E-state index contributed by atoms with van der Waals surface area (Å²) in [6.45, 7) is 7.91. The van der Waals surface area contributed by atoms with Gasteiger partial charge in [-0.25, -0.2) is 15.0 Å². The van der Waals surface area contributed by atoms with Crippen molar-refractivity contribution in [3.63, 3.8) is 0 Å². The number of nitrogens with zero attached hydrogens (tertiary/aromatic N) is 4. The second kappa shape index (κ2) is 13.4. The summed E-state index contributed by atoms with van der Waals surface area (Å²) < 4.78 is 0. The van der Waals surface area contributed by atoms with Gasteiger partial charge in [-0.05, 0) is 62.7 Å². The van der Waals surface area contributed by atoms with Crippen molar-refractivity contribution in [1.82, 2.24) is 19.9 Å². The van der Waals surface area contributed by atoms with Crippen molar-refractivity contribution in [2.24, 2.45) is 0 Å². The molecule has 2 heterocycles. The zero-order valence-electron chi connectivity index (χ0n) is 27.4. The molecule has 4 nitrogen and oxygen atoms in total. The monoisotopic (exact) mass is 640 g/mol. The Bertz CT molecular complexity index is 2560. The highest BCUT2D eigenvalue weighted by atomic mass is 15.0. The molecule has 6 aromatic carbocycles. The highest BCUT2D eigenvalue weighted by Crippen LogP contribution is 2.36. The van der Waals surface area contributed by atoms with E-state index in [0.717, 1.165) is 49.9 Å². The second-order valence-electron chi connectivity index (χ2n) is 12.0. The lowest BCUT2D eigenvalue weighted by molar-refractivity contribution is 1.04. The van der Waals surface area contributed by atoms with Gasteiger partial charge in [0.1, 0.15) is 0 Å². The number of benzene rings is 6. The number of aromatic nitrogens is 4. The third kappa shape index (κ3) is 5.91. The van der Waals surface area contributed by atoms with E-state index in [2.05, 4.69) is 122 Å². The Morgan fingerprint density at radius 3 is 1.86 bits per heavy atom. The maximum Gasteiger partial charge on any atom is 0.164 e. The van der Waals surface area contributed by atoms with E-state index in [-0.39, 0.29) is 0 Å². The fourth-order valence-corrected chi connectivity index (χ4v) is 6.44. The average molecular weight is 641 g/mol. The summed E-state index contributed by atoms with van der Waals surface area (Å²) in [5, 5.41) is 4.66. The summed E-state index contributed by atoms with van der Waals surface area (Å²) in [5.74, 6) is 1.66. The fourth-order valence-electron chi connectivity index (χ4n) is 6.44. The predicted octanol–water partition coefficient (Wildman–Crippen LogP) is 11.7. The summed E-state index contributed by atoms with van der Waals surface area (Å²) in [6, 6.07) is 50.6. The lowest BCUT2D eigenvalue weighted by atomic mass is 9.93. The van der Waals surface area contributed by atoms with Crippen LogP contribution in [0, 0.1) is 0 Å². The Kier molecular flexibility index (Phi) is 8.17. The average Bonchev–Trinajstić information content (AvgIpc) is 3.19. The molecule has 0 unspecified atom stereocenters. The van der Waals surface area contributed by atoms with Crippen LogP contribution in [0.5, 0.6) is 0 Å². The van der Waals surface area contributed by atoms with Crippen molar-refractivity contribution in [3.05, 3.63) is 189 Å². The zero-order valence-corrected chi connectivity index (χ0v) is 27.4. The lowest BCUT2D eigenvalue weighted by Crippen LogP contribution is -2.02. The normalized spacial score (nSPS) is 11.5. The third-order valence-corrected chi connectivity index (χ3v) is 8.90. The van der Waals surface area contributed by atoms with Crippen LogP contribution >= 0.6 is 0 Å². The van der Waals surface area contributed by atoms with Gasteiger partial charge < -0.3 is 0 Å². The molecule has 0 spiro atoms. The van der Waals surface area contributed by atoms with E-state index in [1.165, 1.54) is 21.9 Å². The largest absolute Gasteiger partial charge is 0.256 e. The number of hydrogen-bond acceptors (Lipinski definition) is 4. The van der Waals surface area contributed by atoms with Gasteiger partial charge in [-0.1, -0.05) is 153 Å². The van der Waals surface area contributed by atoms with Crippen molar-refractivity contribution >= 4 is 27.1 Å². The Hall–Kier alpha value is -6.78. The SMILES string of the molecule is C=C/C=C(\C=C)c1nc(-c2ccccc2)nc(-c2cc(-c3ccc(-c4cccc5ccccc45)cc3)cc(-c3nccc4ccccc34)c2)n1. The molecular weight excluding hydrogens is 609 g/mol. The minimum absolute atomic E-state index is 0.526. The lowest BCUT2D eigenvalue weighted by Gasteiger charge is -2.14. The molecule has 0 aliphatic rings. The van der Waals surface area contributed by atoms with E-state index in [0.29, 0.717) is 17.5 Å². The van der Waals surface area contributed by atoms with Crippen LogP contribution in [0.15, 0.2) is 183 Å². The first-order valence-corrected chi connectivity index (χ1v) is 16.5. The smallest absolute Gasteiger partial charge is 0.164 e. The van der Waals surface area contributed by atoms with Crippen LogP contribution < -0.4 is 0 Å². The van der Waals surface area contributed by atoms with Crippen LogP contribution in [0.2, 0.25) is 0 Å². The summed E-state index contributed by atoms with van der Waals surface area (Å²) >= 11 is 0. The standard InChI is InChI=1S/C46H32N4/c1-3-13-31(4-2)44-48-45(36-16-6-5-7-17-36)50-46(49-44)39-29-37(28-38(30-39)43-42-20-11-9-15-34(42)26-27-47-43)32-22-24-35(25-23-32)41-21-12-18-33-14-8-10-19-40(33)41/h3-30H,1-2H2/b31-13+. The number of rotatable bonds is 8. The Morgan fingerprint density at radius 2 is 1.10 bits per heavy atom. The van der Waals surface area contributed by atoms with Gasteiger partial charge in [-0.3, -0.25) is 4.98 Å². The molecule has 50 heavy (non-hydrogen) atoms. The molecule has 0 amide bonds. The summed E-state index contributed by atoms with van der Waals surface area (Å²) in [5.41, 5.74) is 8.87. The van der Waals surface area contributed by atoms with E-state index in [9.17, 15) is 0 Å². The molecule has 0 aliphatic heterocycles. The van der Waals surface area contributed by atoms with E-state index in [4.69, 9.17) is 19.9 Å². The van der Waals surface area contributed by atoms with Crippen LogP contribution in [0.3, 0.4) is 0 Å². The molecule has 8 aromatic rings. The Morgan fingerprint density at radius 1 is 0.480 bits per heavy atom. The number of hydrogen-bond donors (Lipinski definition) is 0. The molecule has 0 fully saturated rings. The highest BCUT2D eigenvalue weighted by molar-refractivity contribution is 5.98. The Labute approximate surface area is 291 Å². The van der Waals surface area contributed by atoms with E-state index >= 15 is 0 Å². The number of pyridine rings is 1. The molecule has 0 saturated carbocycles. The molecule has 0 radical (unpaired) electrons. The summed E-state index contributed by atoms with van der Waals surface area (Å²) in [7, 11) is 0. The van der Waals surface area contributed by atoms with Gasteiger partial charge in [0.15, 0.2) is 17.5 Å². The second-order valence-corrected chi connectivity index (χ2v) is 12.0. The summed E-state index contributed by atoms with van der Waals surface area (Å²) in [6.07, 6.45) is 7.19. The first kappa shape index (κ1) is 30.5. The van der Waals surface area contributed by atoms with Crippen LogP contribution in [0.25, 0.3) is 83.4 Å². The van der Waals surface area contributed by atoms with E-state index in [1.54, 1.807) is 12.2 Å². The summed E-state index contributed by atoms with van der Waals surface area (Å²) in [4.78, 5) is 19.8. The van der Waals surface area contributed by atoms with Crippen molar-refractivity contribution in [1.29, 1.82) is 0 Å². The first-order chi connectivity index (χ1) is 24.7. The van der Waals surface area contributed by atoms with Crippen molar-refractivity contribution in [2.75, 3.05) is 0 Å². The van der Waals surface area contributed by atoms with E-state index < -0.39 is 0 Å². The van der Waals surface area contributed by atoms with Crippen LogP contribution in [-0.4, -0.2) is 19.9 Å². The molecule has 8 rings (SSSR count). The third-order valence-electron chi connectivity index (χ3n) is 8.90. The van der Waals surface area contributed by atoms with Gasteiger partial charge in [-0.15, -0.1) is 0 Å². The van der Waals surface area contributed by atoms with Crippen LogP contribution in [0.4, 0.5) is 0 Å². The fraction of sp³-hybridized carbons (Fsp3) is 0. The van der Waals surface area contributed by atoms with Gasteiger partial charge in [0.25, 0.3) is 0 Å².